The second kappa shape index (κ2) is 9.78. The maximum absolute atomic E-state index is 12.7. The van der Waals surface area contributed by atoms with Gasteiger partial charge in [0.15, 0.2) is 0 Å². The molecule has 1 aliphatic rings. The van der Waals surface area contributed by atoms with Crippen LogP contribution in [0.25, 0.3) is 11.4 Å². The van der Waals surface area contributed by atoms with Gasteiger partial charge in [-0.3, -0.25) is 19.8 Å². The molecule has 0 atom stereocenters. The zero-order chi connectivity index (χ0) is 23.4. The molecule has 0 bridgehead atoms. The number of methoxy groups -OCH3 is 1. The number of carbonyl (C=O) groups excluding carboxylic acids is 1. The lowest BCUT2D eigenvalue weighted by Crippen LogP contribution is -2.37. The second-order valence-electron chi connectivity index (χ2n) is 7.99. The Kier molecular flexibility index (Phi) is 6.64. The van der Waals surface area contributed by atoms with Crippen LogP contribution in [0.1, 0.15) is 24.3 Å². The van der Waals surface area contributed by atoms with E-state index in [-0.39, 0.29) is 17.5 Å². The zero-order valence-electron chi connectivity index (χ0n) is 18.5. The Balaban J connectivity index is 1.30. The fourth-order valence-corrected chi connectivity index (χ4v) is 3.91. The van der Waals surface area contributed by atoms with E-state index in [4.69, 9.17) is 9.26 Å². The standard InChI is InChI=1S/C23H25N5O5/c1-15-19(4-3-5-20(15)28(30)31)24-23(29)17-10-12-27(13-11-17)14-21-25-22(26-33-21)16-6-8-18(32-2)9-7-16/h3-9,17H,10-14H2,1-2H3,(H,24,29). The van der Waals surface area contributed by atoms with Gasteiger partial charge >= 0.3 is 0 Å². The van der Waals surface area contributed by atoms with Gasteiger partial charge in [0.05, 0.1) is 29.8 Å². The van der Waals surface area contributed by atoms with Gasteiger partial charge in [0.25, 0.3) is 5.69 Å². The van der Waals surface area contributed by atoms with E-state index >= 15 is 0 Å². The molecule has 1 amide bonds. The summed E-state index contributed by atoms with van der Waals surface area (Å²) in [6.45, 7) is 3.58. The van der Waals surface area contributed by atoms with Gasteiger partial charge in [0, 0.05) is 17.5 Å². The van der Waals surface area contributed by atoms with Gasteiger partial charge in [0.1, 0.15) is 5.75 Å². The Labute approximate surface area is 190 Å². The summed E-state index contributed by atoms with van der Waals surface area (Å²) in [4.78, 5) is 30.1. The molecule has 1 fully saturated rings. The Morgan fingerprint density at radius 2 is 1.97 bits per heavy atom. The Morgan fingerprint density at radius 3 is 2.64 bits per heavy atom. The van der Waals surface area contributed by atoms with Gasteiger partial charge in [-0.15, -0.1) is 0 Å². The molecule has 1 saturated heterocycles. The summed E-state index contributed by atoms with van der Waals surface area (Å²) in [5.74, 6) is 1.54. The van der Waals surface area contributed by atoms with Crippen LogP contribution in [0.2, 0.25) is 0 Å². The quantitative estimate of drug-likeness (QED) is 0.425. The van der Waals surface area contributed by atoms with E-state index in [1.165, 1.54) is 6.07 Å². The van der Waals surface area contributed by atoms with E-state index in [9.17, 15) is 14.9 Å². The molecular formula is C23H25N5O5. The number of likely N-dealkylation sites (tertiary alicyclic amines) is 1. The first-order chi connectivity index (χ1) is 15.9. The molecule has 33 heavy (non-hydrogen) atoms. The number of aromatic nitrogens is 2. The molecule has 1 N–H and O–H groups in total. The second-order valence-corrected chi connectivity index (χ2v) is 7.99. The van der Waals surface area contributed by atoms with Crippen molar-refractivity contribution in [1.82, 2.24) is 15.0 Å². The molecule has 2 aromatic carbocycles. The third kappa shape index (κ3) is 5.17. The van der Waals surface area contributed by atoms with E-state index in [0.717, 1.165) is 11.3 Å². The number of nitro groups is 1. The molecule has 1 aliphatic heterocycles. The van der Waals surface area contributed by atoms with Crippen LogP contribution in [0.3, 0.4) is 0 Å². The Hall–Kier alpha value is -3.79. The number of ether oxygens (including phenoxy) is 1. The normalized spacial score (nSPS) is 14.7. The van der Waals surface area contributed by atoms with Crippen molar-refractivity contribution in [2.45, 2.75) is 26.3 Å². The lowest BCUT2D eigenvalue weighted by molar-refractivity contribution is -0.385. The number of benzene rings is 2. The van der Waals surface area contributed by atoms with Gasteiger partial charge < -0.3 is 14.6 Å². The number of piperidine rings is 1. The summed E-state index contributed by atoms with van der Waals surface area (Å²) >= 11 is 0. The average molecular weight is 451 g/mol. The molecule has 4 rings (SSSR count). The highest BCUT2D eigenvalue weighted by Gasteiger charge is 2.27. The summed E-state index contributed by atoms with van der Waals surface area (Å²) < 4.78 is 10.6. The van der Waals surface area contributed by atoms with Crippen LogP contribution in [-0.4, -0.2) is 46.1 Å². The molecule has 2 heterocycles. The van der Waals surface area contributed by atoms with Crippen LogP contribution in [-0.2, 0) is 11.3 Å². The van der Waals surface area contributed by atoms with Crippen LogP contribution in [0, 0.1) is 23.0 Å². The number of nitrogens with one attached hydrogen (secondary N) is 1. The molecule has 1 aromatic heterocycles. The number of amides is 1. The third-order valence-corrected chi connectivity index (χ3v) is 5.89. The fraction of sp³-hybridized carbons (Fsp3) is 0.348. The van der Waals surface area contributed by atoms with Gasteiger partial charge in [-0.1, -0.05) is 11.2 Å². The molecule has 0 saturated carbocycles. The molecule has 10 heteroatoms. The summed E-state index contributed by atoms with van der Waals surface area (Å²) in [7, 11) is 1.61. The molecule has 0 spiro atoms. The van der Waals surface area contributed by atoms with E-state index in [2.05, 4.69) is 20.4 Å². The zero-order valence-corrected chi connectivity index (χ0v) is 18.5. The first-order valence-corrected chi connectivity index (χ1v) is 10.7. The third-order valence-electron chi connectivity index (χ3n) is 5.89. The Morgan fingerprint density at radius 1 is 1.24 bits per heavy atom. The SMILES string of the molecule is COc1ccc(-c2noc(CN3CCC(C(=O)Nc4cccc([N+](=O)[O-])c4C)CC3)n2)cc1. The Bertz CT molecular complexity index is 1140. The molecule has 0 radical (unpaired) electrons. The van der Waals surface area contributed by atoms with Crippen molar-refractivity contribution in [2.75, 3.05) is 25.5 Å². The number of hydrogen-bond donors (Lipinski definition) is 1. The van der Waals surface area contributed by atoms with Crippen LogP contribution in [0.5, 0.6) is 5.75 Å². The van der Waals surface area contributed by atoms with Crippen LogP contribution in [0.15, 0.2) is 47.0 Å². The summed E-state index contributed by atoms with van der Waals surface area (Å²) in [5, 5.41) is 18.0. The number of carbonyl (C=O) groups is 1. The summed E-state index contributed by atoms with van der Waals surface area (Å²) in [6.07, 6.45) is 1.36. The minimum Gasteiger partial charge on any atom is -0.497 e. The van der Waals surface area contributed by atoms with Crippen molar-refractivity contribution in [3.63, 3.8) is 0 Å². The van der Waals surface area contributed by atoms with E-state index < -0.39 is 4.92 Å². The minimum atomic E-state index is -0.443. The predicted octanol–water partition coefficient (Wildman–Crippen LogP) is 3.81. The monoisotopic (exact) mass is 451 g/mol. The van der Waals surface area contributed by atoms with Gasteiger partial charge in [-0.25, -0.2) is 0 Å². The van der Waals surface area contributed by atoms with E-state index in [1.807, 2.05) is 24.3 Å². The van der Waals surface area contributed by atoms with Gasteiger partial charge in [0.2, 0.25) is 17.6 Å². The summed E-state index contributed by atoms with van der Waals surface area (Å²) in [5.41, 5.74) is 1.78. The van der Waals surface area contributed by atoms with Crippen molar-refractivity contribution >= 4 is 17.3 Å². The topological polar surface area (TPSA) is 124 Å². The highest BCUT2D eigenvalue weighted by atomic mass is 16.6. The molecule has 172 valence electrons. The lowest BCUT2D eigenvalue weighted by Gasteiger charge is -2.30. The smallest absolute Gasteiger partial charge is 0.274 e. The van der Waals surface area contributed by atoms with Crippen molar-refractivity contribution in [1.29, 1.82) is 0 Å². The number of nitrogens with zero attached hydrogens (tertiary/aromatic N) is 4. The number of anilines is 1. The van der Waals surface area contributed by atoms with Gasteiger partial charge in [-0.05, 0) is 63.2 Å². The average Bonchev–Trinajstić information content (AvgIpc) is 3.29. The predicted molar refractivity (Wildman–Crippen MR) is 121 cm³/mol. The maximum Gasteiger partial charge on any atom is 0.274 e. The first-order valence-electron chi connectivity index (χ1n) is 10.7. The van der Waals surface area contributed by atoms with E-state index in [0.29, 0.717) is 55.4 Å². The largest absolute Gasteiger partial charge is 0.497 e. The van der Waals surface area contributed by atoms with Crippen molar-refractivity contribution in [3.8, 4) is 17.1 Å². The molecule has 0 unspecified atom stereocenters. The highest BCUT2D eigenvalue weighted by molar-refractivity contribution is 5.93. The lowest BCUT2D eigenvalue weighted by atomic mass is 9.95. The molecule has 0 aliphatic carbocycles. The van der Waals surface area contributed by atoms with E-state index in [1.54, 1.807) is 26.2 Å². The first kappa shape index (κ1) is 22.4. The number of nitro benzene ring substituents is 1. The van der Waals surface area contributed by atoms with Crippen molar-refractivity contribution in [3.05, 3.63) is 64.0 Å². The van der Waals surface area contributed by atoms with Crippen molar-refractivity contribution in [2.24, 2.45) is 5.92 Å². The van der Waals surface area contributed by atoms with Gasteiger partial charge in [-0.2, -0.15) is 4.98 Å². The van der Waals surface area contributed by atoms with Crippen LogP contribution < -0.4 is 10.1 Å². The fourth-order valence-electron chi connectivity index (χ4n) is 3.91. The molecular weight excluding hydrogens is 426 g/mol. The number of hydrogen-bond acceptors (Lipinski definition) is 8. The van der Waals surface area contributed by atoms with Crippen LogP contribution >= 0.6 is 0 Å². The number of rotatable bonds is 7. The molecule has 3 aromatic rings. The van der Waals surface area contributed by atoms with Crippen LogP contribution in [0.4, 0.5) is 11.4 Å². The maximum atomic E-state index is 12.7. The highest BCUT2D eigenvalue weighted by Crippen LogP contribution is 2.27. The van der Waals surface area contributed by atoms with Crippen molar-refractivity contribution < 1.29 is 19.0 Å². The minimum absolute atomic E-state index is 0.00353. The molecule has 10 nitrogen and oxygen atoms in total. The summed E-state index contributed by atoms with van der Waals surface area (Å²) in [6, 6.07) is 12.1.